The summed E-state index contributed by atoms with van der Waals surface area (Å²) in [5.74, 6) is 0. The Morgan fingerprint density at radius 2 is 2.18 bits per heavy atom. The highest BCUT2D eigenvalue weighted by atomic mass is 15.2. The molecule has 0 amide bonds. The van der Waals surface area contributed by atoms with Crippen molar-refractivity contribution in [1.82, 2.24) is 10.2 Å². The van der Waals surface area contributed by atoms with E-state index in [4.69, 9.17) is 0 Å². The van der Waals surface area contributed by atoms with Gasteiger partial charge in [0.1, 0.15) is 0 Å². The fourth-order valence-electron chi connectivity index (χ4n) is 2.21. The molecule has 1 heterocycles. The third kappa shape index (κ3) is 1.42. The summed E-state index contributed by atoms with van der Waals surface area (Å²) in [5.41, 5.74) is 0.351. The molecule has 0 spiro atoms. The van der Waals surface area contributed by atoms with Crippen molar-refractivity contribution in [2.45, 2.75) is 38.8 Å². The normalized spacial score (nSPS) is 31.1. The fraction of sp³-hybridized carbons (Fsp3) is 1.00. The van der Waals surface area contributed by atoms with E-state index >= 15 is 0 Å². The van der Waals surface area contributed by atoms with Crippen molar-refractivity contribution in [3.05, 3.63) is 0 Å². The zero-order valence-electron chi connectivity index (χ0n) is 8.15. The molecule has 1 atom stereocenters. The molecule has 11 heavy (non-hydrogen) atoms. The maximum absolute atomic E-state index is 3.38. The Morgan fingerprint density at radius 3 is 2.45 bits per heavy atom. The van der Waals surface area contributed by atoms with Crippen LogP contribution in [0.5, 0.6) is 0 Å². The summed E-state index contributed by atoms with van der Waals surface area (Å²) in [6.45, 7) is 9.30. The van der Waals surface area contributed by atoms with Gasteiger partial charge in [0.05, 0.1) is 0 Å². The third-order valence-electron chi connectivity index (χ3n) is 3.09. The monoisotopic (exact) mass is 156 g/mol. The Bertz CT molecular complexity index is 118. The van der Waals surface area contributed by atoms with Gasteiger partial charge < -0.3 is 5.32 Å². The molecule has 0 aromatic rings. The largest absolute Gasteiger partial charge is 0.315 e. The Morgan fingerprint density at radius 1 is 1.55 bits per heavy atom. The summed E-state index contributed by atoms with van der Waals surface area (Å²) in [5, 5.41) is 3.38. The molecule has 1 N–H and O–H groups in total. The van der Waals surface area contributed by atoms with Crippen molar-refractivity contribution in [3.8, 4) is 0 Å². The van der Waals surface area contributed by atoms with Crippen LogP contribution < -0.4 is 5.32 Å². The van der Waals surface area contributed by atoms with E-state index in [2.05, 4.69) is 38.0 Å². The first kappa shape index (κ1) is 9.01. The van der Waals surface area contributed by atoms with Gasteiger partial charge in [-0.2, -0.15) is 0 Å². The fourth-order valence-corrected chi connectivity index (χ4v) is 2.21. The summed E-state index contributed by atoms with van der Waals surface area (Å²) in [7, 11) is 2.06. The number of likely N-dealkylation sites (N-methyl/N-ethyl adjacent to an activating group) is 2. The second-order valence-electron chi connectivity index (χ2n) is 3.86. The number of rotatable bonds is 2. The summed E-state index contributed by atoms with van der Waals surface area (Å²) in [6.07, 6.45) is 1.29. The molecule has 0 saturated carbocycles. The topological polar surface area (TPSA) is 15.3 Å². The van der Waals surface area contributed by atoms with Crippen molar-refractivity contribution in [1.29, 1.82) is 0 Å². The van der Waals surface area contributed by atoms with Gasteiger partial charge in [-0.05, 0) is 33.9 Å². The van der Waals surface area contributed by atoms with Crippen LogP contribution in [0.3, 0.4) is 0 Å². The molecule has 1 aliphatic heterocycles. The SMILES string of the molecule is CCN1CCC(NC)C1(C)C. The molecule has 1 saturated heterocycles. The van der Waals surface area contributed by atoms with Gasteiger partial charge in [-0.25, -0.2) is 0 Å². The van der Waals surface area contributed by atoms with Gasteiger partial charge in [0.2, 0.25) is 0 Å². The van der Waals surface area contributed by atoms with Crippen LogP contribution in [-0.4, -0.2) is 36.6 Å². The van der Waals surface area contributed by atoms with Crippen molar-refractivity contribution in [3.63, 3.8) is 0 Å². The van der Waals surface area contributed by atoms with Gasteiger partial charge in [0.15, 0.2) is 0 Å². The second-order valence-corrected chi connectivity index (χ2v) is 3.86. The van der Waals surface area contributed by atoms with Gasteiger partial charge in [-0.3, -0.25) is 4.90 Å². The molecule has 1 unspecified atom stereocenters. The lowest BCUT2D eigenvalue weighted by atomic mass is 9.96. The summed E-state index contributed by atoms with van der Waals surface area (Å²) < 4.78 is 0. The van der Waals surface area contributed by atoms with Gasteiger partial charge in [-0.15, -0.1) is 0 Å². The van der Waals surface area contributed by atoms with Crippen LogP contribution in [0.15, 0.2) is 0 Å². The number of nitrogens with zero attached hydrogens (tertiary/aromatic N) is 1. The number of hydrogen-bond donors (Lipinski definition) is 1. The van der Waals surface area contributed by atoms with Crippen LogP contribution in [-0.2, 0) is 0 Å². The molecule has 0 radical (unpaired) electrons. The lowest BCUT2D eigenvalue weighted by molar-refractivity contribution is 0.162. The minimum atomic E-state index is 0.351. The van der Waals surface area contributed by atoms with Crippen LogP contribution in [0, 0.1) is 0 Å². The van der Waals surface area contributed by atoms with Crippen LogP contribution in [0.1, 0.15) is 27.2 Å². The van der Waals surface area contributed by atoms with Gasteiger partial charge in [0.25, 0.3) is 0 Å². The van der Waals surface area contributed by atoms with E-state index < -0.39 is 0 Å². The molecule has 2 nitrogen and oxygen atoms in total. The molecule has 0 bridgehead atoms. The van der Waals surface area contributed by atoms with Crippen molar-refractivity contribution in [2.75, 3.05) is 20.1 Å². The quantitative estimate of drug-likeness (QED) is 0.643. The first-order chi connectivity index (χ1) is 5.12. The number of likely N-dealkylation sites (tertiary alicyclic amines) is 1. The molecular weight excluding hydrogens is 136 g/mol. The number of hydrogen-bond acceptors (Lipinski definition) is 2. The zero-order valence-corrected chi connectivity index (χ0v) is 8.15. The molecule has 0 aromatic heterocycles. The minimum Gasteiger partial charge on any atom is -0.315 e. The molecule has 1 aliphatic rings. The van der Waals surface area contributed by atoms with Crippen LogP contribution in [0.25, 0.3) is 0 Å². The zero-order chi connectivity index (χ0) is 8.48. The summed E-state index contributed by atoms with van der Waals surface area (Å²) >= 11 is 0. The average Bonchev–Trinajstić information content (AvgIpc) is 2.24. The highest BCUT2D eigenvalue weighted by Gasteiger charge is 2.38. The van der Waals surface area contributed by atoms with Crippen molar-refractivity contribution < 1.29 is 0 Å². The van der Waals surface area contributed by atoms with Crippen LogP contribution in [0.4, 0.5) is 0 Å². The van der Waals surface area contributed by atoms with Crippen LogP contribution >= 0.6 is 0 Å². The molecular formula is C9H20N2. The minimum absolute atomic E-state index is 0.351. The van der Waals surface area contributed by atoms with E-state index in [-0.39, 0.29) is 0 Å². The first-order valence-electron chi connectivity index (χ1n) is 4.55. The molecule has 1 fully saturated rings. The van der Waals surface area contributed by atoms with Gasteiger partial charge in [-0.1, -0.05) is 6.92 Å². The lowest BCUT2D eigenvalue weighted by Gasteiger charge is -2.35. The van der Waals surface area contributed by atoms with E-state index in [0.717, 1.165) is 0 Å². The number of nitrogens with one attached hydrogen (secondary N) is 1. The smallest absolute Gasteiger partial charge is 0.0306 e. The molecule has 66 valence electrons. The molecule has 1 rings (SSSR count). The molecule has 2 heteroatoms. The molecule has 0 aromatic carbocycles. The standard InChI is InChI=1S/C9H20N2/c1-5-11-7-6-8(10-4)9(11,2)3/h8,10H,5-7H2,1-4H3. The van der Waals surface area contributed by atoms with Gasteiger partial charge >= 0.3 is 0 Å². The Hall–Kier alpha value is -0.0800. The highest BCUT2D eigenvalue weighted by Crippen LogP contribution is 2.27. The maximum Gasteiger partial charge on any atom is 0.0306 e. The third-order valence-corrected chi connectivity index (χ3v) is 3.09. The first-order valence-corrected chi connectivity index (χ1v) is 4.55. The van der Waals surface area contributed by atoms with E-state index in [0.29, 0.717) is 11.6 Å². The van der Waals surface area contributed by atoms with E-state index in [9.17, 15) is 0 Å². The van der Waals surface area contributed by atoms with E-state index in [1.54, 1.807) is 0 Å². The average molecular weight is 156 g/mol. The second kappa shape index (κ2) is 3.11. The van der Waals surface area contributed by atoms with Crippen molar-refractivity contribution >= 4 is 0 Å². The Kier molecular flexibility index (Phi) is 2.55. The Labute approximate surface area is 70.0 Å². The van der Waals surface area contributed by atoms with E-state index in [1.165, 1.54) is 19.5 Å². The summed E-state index contributed by atoms with van der Waals surface area (Å²) in [6, 6.07) is 0.669. The van der Waals surface area contributed by atoms with Crippen LogP contribution in [0.2, 0.25) is 0 Å². The molecule has 0 aliphatic carbocycles. The highest BCUT2D eigenvalue weighted by molar-refractivity contribution is 4.98. The maximum atomic E-state index is 3.38. The van der Waals surface area contributed by atoms with Gasteiger partial charge in [0, 0.05) is 18.1 Å². The lowest BCUT2D eigenvalue weighted by Crippen LogP contribution is -2.49. The van der Waals surface area contributed by atoms with E-state index in [1.807, 2.05) is 0 Å². The summed E-state index contributed by atoms with van der Waals surface area (Å²) in [4.78, 5) is 2.54. The predicted octanol–water partition coefficient (Wildman–Crippen LogP) is 1.08. The Balaban J connectivity index is 2.64. The predicted molar refractivity (Wildman–Crippen MR) is 48.8 cm³/mol. The van der Waals surface area contributed by atoms with Crippen molar-refractivity contribution in [2.24, 2.45) is 0 Å².